The van der Waals surface area contributed by atoms with Crippen molar-refractivity contribution < 1.29 is 29.0 Å². The van der Waals surface area contributed by atoms with Gasteiger partial charge in [0.2, 0.25) is 0 Å². The van der Waals surface area contributed by atoms with Crippen molar-refractivity contribution in [1.29, 1.82) is 0 Å². The number of aliphatic hydroxyl groups excluding tert-OH is 1. The number of esters is 2. The Kier molecular flexibility index (Phi) is 38.7. The molecule has 0 aliphatic heterocycles. The lowest BCUT2D eigenvalue weighted by Gasteiger charge is -2.15. The van der Waals surface area contributed by atoms with Gasteiger partial charge in [-0.3, -0.25) is 14.4 Å². The molecule has 0 radical (unpaired) electrons. The molecule has 6 heteroatoms. The average molecular weight is 733 g/mol. The summed E-state index contributed by atoms with van der Waals surface area (Å²) in [6.07, 6.45) is 43.6. The average Bonchev–Trinajstić information content (AvgIpc) is 3.14. The molecule has 0 amide bonds. The van der Waals surface area contributed by atoms with Crippen molar-refractivity contribution in [3.8, 4) is 0 Å². The number of hydrogen-bond acceptors (Lipinski definition) is 6. The molecule has 0 aromatic carbocycles. The summed E-state index contributed by atoms with van der Waals surface area (Å²) in [4.78, 5) is 36.0. The van der Waals surface area contributed by atoms with Gasteiger partial charge in [0.05, 0.1) is 6.61 Å². The Balaban J connectivity index is 3.54. The van der Waals surface area contributed by atoms with Gasteiger partial charge in [-0.05, 0) is 44.1 Å². The molecule has 304 valence electrons. The quantitative estimate of drug-likeness (QED) is 0.0292. The highest BCUT2D eigenvalue weighted by molar-refractivity contribution is 5.89. The van der Waals surface area contributed by atoms with E-state index >= 15 is 0 Å². The summed E-state index contributed by atoms with van der Waals surface area (Å²) in [5.41, 5.74) is 0. The monoisotopic (exact) mass is 733 g/mol. The first kappa shape index (κ1) is 50.1. The molecule has 6 nitrogen and oxygen atoms in total. The third-order valence-electron chi connectivity index (χ3n) is 10.3. The Morgan fingerprint density at radius 1 is 0.558 bits per heavy atom. The molecule has 0 aromatic heterocycles. The van der Waals surface area contributed by atoms with Crippen molar-refractivity contribution in [2.24, 2.45) is 5.92 Å². The molecule has 52 heavy (non-hydrogen) atoms. The van der Waals surface area contributed by atoms with Crippen LogP contribution in [0, 0.1) is 5.92 Å². The SMILES string of the molecule is CCCCCC(=O)/C=C/C=C\CCCCCCCC(=O)O[C@@H](CO)COC(=O)CCCCCCCCCCCCCCCCCCCCC(C)CC. The highest BCUT2D eigenvalue weighted by Gasteiger charge is 2.16. The number of carbonyl (C=O) groups is 3. The zero-order valence-corrected chi connectivity index (χ0v) is 34.5. The van der Waals surface area contributed by atoms with Crippen LogP contribution in [0.3, 0.4) is 0 Å². The first-order chi connectivity index (χ1) is 25.4. The highest BCUT2D eigenvalue weighted by Crippen LogP contribution is 2.17. The van der Waals surface area contributed by atoms with Crippen LogP contribution >= 0.6 is 0 Å². The van der Waals surface area contributed by atoms with Crippen molar-refractivity contribution in [3.63, 3.8) is 0 Å². The van der Waals surface area contributed by atoms with E-state index in [0.717, 1.165) is 83.0 Å². The summed E-state index contributed by atoms with van der Waals surface area (Å²) < 4.78 is 10.6. The van der Waals surface area contributed by atoms with E-state index in [1.54, 1.807) is 6.08 Å². The molecule has 0 aliphatic carbocycles. The summed E-state index contributed by atoms with van der Waals surface area (Å²) in [7, 11) is 0. The van der Waals surface area contributed by atoms with E-state index < -0.39 is 6.10 Å². The van der Waals surface area contributed by atoms with Gasteiger partial charge < -0.3 is 14.6 Å². The minimum Gasteiger partial charge on any atom is -0.462 e. The second-order valence-corrected chi connectivity index (χ2v) is 15.4. The molecule has 0 aromatic rings. The van der Waals surface area contributed by atoms with Crippen LogP contribution in [-0.4, -0.2) is 42.1 Å². The summed E-state index contributed by atoms with van der Waals surface area (Å²) >= 11 is 0. The molecule has 0 fully saturated rings. The Morgan fingerprint density at radius 2 is 1.02 bits per heavy atom. The zero-order valence-electron chi connectivity index (χ0n) is 34.5. The minimum atomic E-state index is -0.798. The molecule has 0 aliphatic rings. The smallest absolute Gasteiger partial charge is 0.306 e. The molecule has 2 atom stereocenters. The van der Waals surface area contributed by atoms with Gasteiger partial charge >= 0.3 is 11.9 Å². The van der Waals surface area contributed by atoms with Crippen LogP contribution in [0.25, 0.3) is 0 Å². The van der Waals surface area contributed by atoms with Crippen LogP contribution in [0.15, 0.2) is 24.3 Å². The first-order valence-electron chi connectivity index (χ1n) is 22.2. The largest absolute Gasteiger partial charge is 0.462 e. The third kappa shape index (κ3) is 37.8. The van der Waals surface area contributed by atoms with Crippen LogP contribution in [0.1, 0.15) is 226 Å². The number of carbonyl (C=O) groups excluding carboxylic acids is 3. The Labute approximate surface area is 321 Å². The third-order valence-corrected chi connectivity index (χ3v) is 10.3. The second-order valence-electron chi connectivity index (χ2n) is 15.4. The lowest BCUT2D eigenvalue weighted by Crippen LogP contribution is -2.28. The van der Waals surface area contributed by atoms with E-state index in [1.165, 1.54) is 109 Å². The standard InChI is InChI=1S/C46H84O6/c1-4-6-30-36-43(48)37-32-27-23-19-17-21-25-29-34-39-46(50)52-44(40-47)41-51-45(49)38-33-28-24-20-16-14-12-10-8-7-9-11-13-15-18-22-26-31-35-42(3)5-2/h23,27,32,37,42,44,47H,4-22,24-26,28-31,33-36,38-41H2,1-3H3/b27-23-,37-32+/t42?,44-/m0/s1. The van der Waals surface area contributed by atoms with Crippen molar-refractivity contribution in [2.75, 3.05) is 13.2 Å². The summed E-state index contributed by atoms with van der Waals surface area (Å²) in [5.74, 6) is 0.467. The zero-order chi connectivity index (χ0) is 38.2. The summed E-state index contributed by atoms with van der Waals surface area (Å²) in [6.45, 7) is 6.38. The number of ketones is 1. The second kappa shape index (κ2) is 40.2. The topological polar surface area (TPSA) is 89.9 Å². The first-order valence-corrected chi connectivity index (χ1v) is 22.2. The molecule has 0 saturated carbocycles. The maximum absolute atomic E-state index is 12.2. The van der Waals surface area contributed by atoms with Crippen LogP contribution in [-0.2, 0) is 23.9 Å². The molecule has 0 spiro atoms. The molecule has 1 N–H and O–H groups in total. The van der Waals surface area contributed by atoms with Crippen molar-refractivity contribution in [3.05, 3.63) is 24.3 Å². The molecule has 0 bridgehead atoms. The predicted octanol–water partition coefficient (Wildman–Crippen LogP) is 13.3. The number of allylic oxidation sites excluding steroid dienone is 4. The van der Waals surface area contributed by atoms with Gasteiger partial charge in [0.15, 0.2) is 11.9 Å². The van der Waals surface area contributed by atoms with Crippen LogP contribution in [0.5, 0.6) is 0 Å². The minimum absolute atomic E-state index is 0.0878. The molecule has 1 unspecified atom stereocenters. The van der Waals surface area contributed by atoms with E-state index in [2.05, 4.69) is 26.8 Å². The fourth-order valence-corrected chi connectivity index (χ4v) is 6.45. The van der Waals surface area contributed by atoms with Crippen LogP contribution < -0.4 is 0 Å². The number of aliphatic hydroxyl groups is 1. The van der Waals surface area contributed by atoms with Gasteiger partial charge in [-0.1, -0.05) is 193 Å². The van der Waals surface area contributed by atoms with E-state index in [9.17, 15) is 19.5 Å². The number of ether oxygens (including phenoxy) is 2. The van der Waals surface area contributed by atoms with Gasteiger partial charge in [-0.25, -0.2) is 0 Å². The van der Waals surface area contributed by atoms with Gasteiger partial charge in [0, 0.05) is 19.3 Å². The summed E-state index contributed by atoms with van der Waals surface area (Å²) in [5, 5.41) is 9.57. The Bertz CT molecular complexity index is 865. The van der Waals surface area contributed by atoms with E-state index in [-0.39, 0.29) is 30.9 Å². The molecule has 0 rings (SSSR count). The lowest BCUT2D eigenvalue weighted by molar-refractivity contribution is -0.161. The van der Waals surface area contributed by atoms with E-state index in [4.69, 9.17) is 9.47 Å². The fraction of sp³-hybridized carbons (Fsp3) is 0.848. The molecule has 0 heterocycles. The number of hydrogen-bond donors (Lipinski definition) is 1. The van der Waals surface area contributed by atoms with E-state index in [1.807, 2.05) is 12.2 Å². The van der Waals surface area contributed by atoms with Crippen LogP contribution in [0.2, 0.25) is 0 Å². The predicted molar refractivity (Wildman–Crippen MR) is 219 cm³/mol. The summed E-state index contributed by atoms with van der Waals surface area (Å²) in [6, 6.07) is 0. The maximum atomic E-state index is 12.2. The van der Waals surface area contributed by atoms with Crippen molar-refractivity contribution in [1.82, 2.24) is 0 Å². The molecule has 0 saturated heterocycles. The van der Waals surface area contributed by atoms with Crippen LogP contribution in [0.4, 0.5) is 0 Å². The molecular weight excluding hydrogens is 648 g/mol. The van der Waals surface area contributed by atoms with Crippen molar-refractivity contribution in [2.45, 2.75) is 232 Å². The van der Waals surface area contributed by atoms with Gasteiger partial charge in [0.25, 0.3) is 0 Å². The fourth-order valence-electron chi connectivity index (χ4n) is 6.45. The number of unbranched alkanes of at least 4 members (excludes halogenated alkanes) is 24. The normalized spacial score (nSPS) is 12.8. The Hall–Kier alpha value is -1.95. The van der Waals surface area contributed by atoms with Gasteiger partial charge in [-0.2, -0.15) is 0 Å². The Morgan fingerprint density at radius 3 is 1.52 bits per heavy atom. The molecular formula is C46H84O6. The van der Waals surface area contributed by atoms with Gasteiger partial charge in [-0.15, -0.1) is 0 Å². The lowest BCUT2D eigenvalue weighted by atomic mass is 9.99. The number of rotatable bonds is 40. The van der Waals surface area contributed by atoms with E-state index in [0.29, 0.717) is 19.3 Å². The maximum Gasteiger partial charge on any atom is 0.306 e. The highest BCUT2D eigenvalue weighted by atomic mass is 16.6. The van der Waals surface area contributed by atoms with Gasteiger partial charge in [0.1, 0.15) is 6.61 Å². The van der Waals surface area contributed by atoms with Crippen molar-refractivity contribution >= 4 is 17.7 Å².